The molecule has 4 nitrogen and oxygen atoms in total. The molecular formula is C17H20ClN3O. The summed E-state index contributed by atoms with van der Waals surface area (Å²) in [6, 6.07) is 13.4. The maximum Gasteiger partial charge on any atom is 0.119 e. The number of nitrogens with one attached hydrogen (secondary N) is 1. The summed E-state index contributed by atoms with van der Waals surface area (Å²) in [7, 11) is 2.03. The largest absolute Gasteiger partial charge is 0.491 e. The molecule has 0 heterocycles. The second kappa shape index (κ2) is 7.27. The van der Waals surface area contributed by atoms with Gasteiger partial charge in [0.15, 0.2) is 0 Å². The zero-order valence-corrected chi connectivity index (χ0v) is 13.8. The molecule has 22 heavy (non-hydrogen) atoms. The van der Waals surface area contributed by atoms with Crippen LogP contribution in [-0.4, -0.2) is 19.7 Å². The third kappa shape index (κ3) is 3.98. The van der Waals surface area contributed by atoms with Crippen LogP contribution in [-0.2, 0) is 0 Å². The lowest BCUT2D eigenvalue weighted by atomic mass is 10.1. The number of hydrogen-bond donors (Lipinski definition) is 1. The molecule has 0 bridgehead atoms. The van der Waals surface area contributed by atoms with Crippen molar-refractivity contribution >= 4 is 23.0 Å². The number of rotatable bonds is 6. The van der Waals surface area contributed by atoms with E-state index in [1.54, 1.807) is 0 Å². The van der Waals surface area contributed by atoms with Gasteiger partial charge in [0.05, 0.1) is 11.7 Å². The molecule has 0 aliphatic heterocycles. The quantitative estimate of drug-likeness (QED) is 0.743. The zero-order chi connectivity index (χ0) is 16.1. The molecule has 0 saturated carbocycles. The van der Waals surface area contributed by atoms with Gasteiger partial charge in [-0.15, -0.1) is 0 Å². The van der Waals surface area contributed by atoms with Crippen molar-refractivity contribution in [3.8, 4) is 5.75 Å². The highest BCUT2D eigenvalue weighted by molar-refractivity contribution is 6.30. The third-order valence-corrected chi connectivity index (χ3v) is 3.93. The Kier molecular flexibility index (Phi) is 5.39. The fourth-order valence-corrected chi connectivity index (χ4v) is 2.22. The van der Waals surface area contributed by atoms with Crippen LogP contribution in [0.25, 0.3) is 0 Å². The van der Waals surface area contributed by atoms with Crippen LogP contribution in [0.4, 0.5) is 11.4 Å². The van der Waals surface area contributed by atoms with Crippen LogP contribution < -0.4 is 9.64 Å². The molecule has 0 saturated heterocycles. The van der Waals surface area contributed by atoms with Crippen molar-refractivity contribution in [3.63, 3.8) is 0 Å². The molecule has 0 spiro atoms. The molecule has 1 atom stereocenters. The number of anilines is 1. The Balaban J connectivity index is 1.99. The second-order valence-electron chi connectivity index (χ2n) is 5.31. The zero-order valence-electron chi connectivity index (χ0n) is 13.0. The standard InChI is InChI=1S/C17H20ClN3O/c1-12-10-15(6-9-17(12)20-19)21(3)13(2)11-22-16-7-4-14(18)5-8-16/h4-10,13,19H,11H2,1-3H3. The molecule has 0 aromatic heterocycles. The van der Waals surface area contributed by atoms with E-state index in [1.807, 2.05) is 56.4 Å². The summed E-state index contributed by atoms with van der Waals surface area (Å²) in [4.78, 5) is 2.15. The van der Waals surface area contributed by atoms with Gasteiger partial charge in [-0.05, 0) is 61.9 Å². The van der Waals surface area contributed by atoms with Crippen LogP contribution in [0.5, 0.6) is 5.75 Å². The van der Waals surface area contributed by atoms with E-state index >= 15 is 0 Å². The molecule has 0 radical (unpaired) electrons. The van der Waals surface area contributed by atoms with Gasteiger partial charge in [-0.3, -0.25) is 0 Å². The number of aryl methyl sites for hydroxylation is 1. The predicted molar refractivity (Wildman–Crippen MR) is 90.8 cm³/mol. The molecule has 0 aliphatic rings. The first-order valence-corrected chi connectivity index (χ1v) is 7.48. The Hall–Kier alpha value is -2.07. The molecule has 1 N–H and O–H groups in total. The fraction of sp³-hybridized carbons (Fsp3) is 0.294. The number of likely N-dealkylation sites (N-methyl/N-ethyl adjacent to an activating group) is 1. The topological polar surface area (TPSA) is 48.7 Å². The molecular weight excluding hydrogens is 298 g/mol. The fourth-order valence-electron chi connectivity index (χ4n) is 2.10. The summed E-state index contributed by atoms with van der Waals surface area (Å²) < 4.78 is 5.79. The van der Waals surface area contributed by atoms with E-state index in [4.69, 9.17) is 21.9 Å². The van der Waals surface area contributed by atoms with E-state index in [9.17, 15) is 0 Å². The normalized spacial score (nSPS) is 11.8. The van der Waals surface area contributed by atoms with Crippen molar-refractivity contribution in [2.45, 2.75) is 19.9 Å². The number of ether oxygens (including phenoxy) is 1. The van der Waals surface area contributed by atoms with Gasteiger partial charge in [-0.25, -0.2) is 5.53 Å². The van der Waals surface area contributed by atoms with Crippen molar-refractivity contribution in [2.24, 2.45) is 5.11 Å². The van der Waals surface area contributed by atoms with Crippen molar-refractivity contribution < 1.29 is 4.74 Å². The Morgan fingerprint density at radius 1 is 1.23 bits per heavy atom. The number of benzene rings is 2. The van der Waals surface area contributed by atoms with Crippen LogP contribution in [0.15, 0.2) is 47.6 Å². The second-order valence-corrected chi connectivity index (χ2v) is 5.74. The van der Waals surface area contributed by atoms with Gasteiger partial charge in [-0.1, -0.05) is 11.6 Å². The Morgan fingerprint density at radius 2 is 1.91 bits per heavy atom. The van der Waals surface area contributed by atoms with Crippen LogP contribution in [0.2, 0.25) is 5.02 Å². The van der Waals surface area contributed by atoms with Gasteiger partial charge in [0, 0.05) is 17.8 Å². The molecule has 116 valence electrons. The van der Waals surface area contributed by atoms with Crippen LogP contribution >= 0.6 is 11.6 Å². The molecule has 0 aliphatic carbocycles. The summed E-state index contributed by atoms with van der Waals surface area (Å²) in [6.45, 7) is 4.63. The minimum atomic E-state index is 0.203. The van der Waals surface area contributed by atoms with E-state index < -0.39 is 0 Å². The minimum Gasteiger partial charge on any atom is -0.491 e. The molecule has 2 aromatic carbocycles. The van der Waals surface area contributed by atoms with E-state index in [0.29, 0.717) is 17.3 Å². The van der Waals surface area contributed by atoms with Crippen molar-refractivity contribution in [3.05, 3.63) is 53.1 Å². The summed E-state index contributed by atoms with van der Waals surface area (Å²) in [6.07, 6.45) is 0. The summed E-state index contributed by atoms with van der Waals surface area (Å²) >= 11 is 5.86. The first-order chi connectivity index (χ1) is 10.5. The average Bonchev–Trinajstić information content (AvgIpc) is 2.53. The van der Waals surface area contributed by atoms with Crippen LogP contribution in [0.3, 0.4) is 0 Å². The van der Waals surface area contributed by atoms with E-state index in [0.717, 1.165) is 17.0 Å². The summed E-state index contributed by atoms with van der Waals surface area (Å²) in [5.41, 5.74) is 9.87. The molecule has 5 heteroatoms. The summed E-state index contributed by atoms with van der Waals surface area (Å²) in [5, 5.41) is 4.20. The lowest BCUT2D eigenvalue weighted by Crippen LogP contribution is -2.34. The molecule has 0 amide bonds. The van der Waals surface area contributed by atoms with Gasteiger partial charge in [-0.2, -0.15) is 5.11 Å². The Morgan fingerprint density at radius 3 is 2.50 bits per heavy atom. The van der Waals surface area contributed by atoms with Gasteiger partial charge in [0.1, 0.15) is 12.4 Å². The highest BCUT2D eigenvalue weighted by Gasteiger charge is 2.12. The first-order valence-electron chi connectivity index (χ1n) is 7.10. The summed E-state index contributed by atoms with van der Waals surface area (Å²) in [5.74, 6) is 0.809. The Bertz CT molecular complexity index is 643. The predicted octanol–water partition coefficient (Wildman–Crippen LogP) is 5.21. The highest BCUT2D eigenvalue weighted by Crippen LogP contribution is 2.25. The molecule has 1 unspecified atom stereocenters. The monoisotopic (exact) mass is 317 g/mol. The van der Waals surface area contributed by atoms with Gasteiger partial charge < -0.3 is 9.64 Å². The maximum absolute atomic E-state index is 7.11. The first kappa shape index (κ1) is 16.3. The Labute approximate surface area is 136 Å². The number of nitrogens with zero attached hydrogens (tertiary/aromatic N) is 2. The van der Waals surface area contributed by atoms with Crippen molar-refractivity contribution in [1.82, 2.24) is 0 Å². The van der Waals surface area contributed by atoms with E-state index in [1.165, 1.54) is 0 Å². The van der Waals surface area contributed by atoms with Gasteiger partial charge in [0.25, 0.3) is 0 Å². The average molecular weight is 318 g/mol. The van der Waals surface area contributed by atoms with Crippen LogP contribution in [0.1, 0.15) is 12.5 Å². The molecule has 2 aromatic rings. The maximum atomic E-state index is 7.11. The molecule has 0 fully saturated rings. The van der Waals surface area contributed by atoms with Crippen molar-refractivity contribution in [2.75, 3.05) is 18.6 Å². The SMILES string of the molecule is Cc1cc(N(C)C(C)COc2ccc(Cl)cc2)ccc1N=N. The van der Waals surface area contributed by atoms with Gasteiger partial charge in [0.2, 0.25) is 0 Å². The lowest BCUT2D eigenvalue weighted by molar-refractivity contribution is 0.292. The lowest BCUT2D eigenvalue weighted by Gasteiger charge is -2.27. The van der Waals surface area contributed by atoms with Gasteiger partial charge >= 0.3 is 0 Å². The number of hydrogen-bond acceptors (Lipinski definition) is 4. The highest BCUT2D eigenvalue weighted by atomic mass is 35.5. The van der Waals surface area contributed by atoms with E-state index in [2.05, 4.69) is 16.9 Å². The number of halogens is 1. The van der Waals surface area contributed by atoms with Crippen molar-refractivity contribution in [1.29, 1.82) is 5.53 Å². The third-order valence-electron chi connectivity index (χ3n) is 3.67. The van der Waals surface area contributed by atoms with E-state index in [-0.39, 0.29) is 6.04 Å². The smallest absolute Gasteiger partial charge is 0.119 e. The van der Waals surface area contributed by atoms with Crippen LogP contribution in [0, 0.1) is 12.5 Å². The molecule has 2 rings (SSSR count). The minimum absolute atomic E-state index is 0.203.